The second kappa shape index (κ2) is 8.67. The first kappa shape index (κ1) is 24.5. The van der Waals surface area contributed by atoms with Crippen molar-refractivity contribution >= 4 is 46.6 Å². The van der Waals surface area contributed by atoms with Crippen molar-refractivity contribution in [3.63, 3.8) is 0 Å². The number of nitrogens with one attached hydrogen (secondary N) is 1. The van der Waals surface area contributed by atoms with Crippen LogP contribution in [0.25, 0.3) is 0 Å². The lowest BCUT2D eigenvalue weighted by atomic mass is 9.74. The Kier molecular flexibility index (Phi) is 6.85. The lowest BCUT2D eigenvalue weighted by Crippen LogP contribution is -2.46. The van der Waals surface area contributed by atoms with E-state index in [0.29, 0.717) is 17.8 Å². The highest BCUT2D eigenvalue weighted by atomic mass is 35.5. The number of aliphatic hydroxyl groups excluding tert-OH is 1. The van der Waals surface area contributed by atoms with Crippen molar-refractivity contribution in [3.8, 4) is 0 Å². The number of likely N-dealkylation sites (tertiary alicyclic amines) is 1. The molecule has 3 nitrogen and oxygen atoms in total. The quantitative estimate of drug-likeness (QED) is 0.270. The molecule has 1 aromatic rings. The highest BCUT2D eigenvalue weighted by molar-refractivity contribution is 8.06. The van der Waals surface area contributed by atoms with Gasteiger partial charge in [0.25, 0.3) is 5.92 Å². The summed E-state index contributed by atoms with van der Waals surface area (Å²) in [6.45, 7) is 2.26. The molecule has 2 aliphatic heterocycles. The van der Waals surface area contributed by atoms with Gasteiger partial charge in [-0.25, -0.2) is 8.78 Å². The van der Waals surface area contributed by atoms with E-state index in [1.54, 1.807) is 0 Å². The second-order valence-corrected chi connectivity index (χ2v) is 9.33. The molecule has 1 fully saturated rings. The molecule has 1 saturated heterocycles. The summed E-state index contributed by atoms with van der Waals surface area (Å²) >= 11 is 18.8. The lowest BCUT2D eigenvalue weighted by molar-refractivity contribution is -0.0963. The van der Waals surface area contributed by atoms with Crippen LogP contribution in [0.5, 0.6) is 0 Å². The van der Waals surface area contributed by atoms with Gasteiger partial charge in [0.2, 0.25) is 0 Å². The fourth-order valence-corrected chi connectivity index (χ4v) is 5.25. The van der Waals surface area contributed by atoms with Crippen LogP contribution in [0.15, 0.2) is 46.6 Å². The molecule has 0 spiro atoms. The SMILES string of the molecule is C=CC(F)(F)C1(c2cc(Cl)c(Cl)c(Cl)c2)CCN(C2=CNC(C(F)(F)F)=C(CO)S2)C1. The third-order valence-corrected chi connectivity index (χ3v) is 7.65. The van der Waals surface area contributed by atoms with Crippen molar-refractivity contribution < 1.29 is 27.1 Å². The first-order valence-electron chi connectivity index (χ1n) is 8.83. The Labute approximate surface area is 194 Å². The number of benzene rings is 1. The molecule has 0 saturated carbocycles. The van der Waals surface area contributed by atoms with Crippen LogP contribution in [0.1, 0.15) is 12.0 Å². The fourth-order valence-electron chi connectivity index (χ4n) is 3.65. The van der Waals surface area contributed by atoms with Crippen LogP contribution in [0.4, 0.5) is 22.0 Å². The standard InChI is InChI=1S/C19H16Cl3F5N2OS/c1-2-18(23,24)17(10-5-11(20)15(22)12(21)6-10)3-4-29(9-17)14-7-28-16(19(25,26)27)13(8-30)31-14/h2,5-7,28,30H,1,3-4,8-9H2. The minimum absolute atomic E-state index is 0.00935. The zero-order valence-corrected chi connectivity index (χ0v) is 18.8. The van der Waals surface area contributed by atoms with E-state index in [1.807, 2.05) is 0 Å². The van der Waals surface area contributed by atoms with Gasteiger partial charge in [-0.2, -0.15) is 13.2 Å². The van der Waals surface area contributed by atoms with Crippen LogP contribution < -0.4 is 5.32 Å². The van der Waals surface area contributed by atoms with Gasteiger partial charge < -0.3 is 15.3 Å². The normalized spacial score (nSPS) is 22.5. The average Bonchev–Trinajstić information content (AvgIpc) is 3.18. The molecule has 2 aliphatic rings. The first-order chi connectivity index (χ1) is 14.4. The van der Waals surface area contributed by atoms with Gasteiger partial charge in [-0.1, -0.05) is 53.1 Å². The molecule has 2 heterocycles. The van der Waals surface area contributed by atoms with Crippen LogP contribution in [-0.2, 0) is 5.41 Å². The van der Waals surface area contributed by atoms with E-state index in [9.17, 15) is 18.3 Å². The molecule has 0 bridgehead atoms. The van der Waals surface area contributed by atoms with Gasteiger partial charge in [0.1, 0.15) is 5.70 Å². The van der Waals surface area contributed by atoms with Crippen LogP contribution in [0.3, 0.4) is 0 Å². The number of nitrogens with zero attached hydrogens (tertiary/aromatic N) is 1. The largest absolute Gasteiger partial charge is 0.432 e. The molecule has 0 amide bonds. The Morgan fingerprint density at radius 1 is 1.19 bits per heavy atom. The fraction of sp³-hybridized carbons (Fsp3) is 0.368. The van der Waals surface area contributed by atoms with Crippen molar-refractivity contribution in [3.05, 3.63) is 67.3 Å². The van der Waals surface area contributed by atoms with Gasteiger partial charge in [0.15, 0.2) is 0 Å². The summed E-state index contributed by atoms with van der Waals surface area (Å²) in [4.78, 5) is 1.17. The van der Waals surface area contributed by atoms with Gasteiger partial charge in [-0.15, -0.1) is 0 Å². The third kappa shape index (κ3) is 4.39. The second-order valence-electron chi connectivity index (χ2n) is 7.02. The van der Waals surface area contributed by atoms with E-state index >= 15 is 8.78 Å². The van der Waals surface area contributed by atoms with Crippen molar-refractivity contribution in [2.24, 2.45) is 0 Å². The number of rotatable bonds is 5. The van der Waals surface area contributed by atoms with Crippen LogP contribution in [0, 0.1) is 0 Å². The lowest BCUT2D eigenvalue weighted by Gasteiger charge is -2.37. The molecule has 12 heteroatoms. The highest BCUT2D eigenvalue weighted by Gasteiger charge is 2.57. The zero-order valence-electron chi connectivity index (χ0n) is 15.7. The van der Waals surface area contributed by atoms with Gasteiger partial charge in [-0.05, 0) is 30.2 Å². The van der Waals surface area contributed by atoms with Crippen LogP contribution in [0.2, 0.25) is 15.1 Å². The van der Waals surface area contributed by atoms with Gasteiger partial charge in [-0.3, -0.25) is 0 Å². The molecule has 0 radical (unpaired) electrons. The van der Waals surface area contributed by atoms with E-state index in [1.165, 1.54) is 17.0 Å². The number of thioether (sulfide) groups is 1. The third-order valence-electron chi connectivity index (χ3n) is 5.29. The van der Waals surface area contributed by atoms with Crippen molar-refractivity contribution in [1.82, 2.24) is 10.2 Å². The Morgan fingerprint density at radius 2 is 1.81 bits per heavy atom. The highest BCUT2D eigenvalue weighted by Crippen LogP contribution is 2.51. The Bertz CT molecular complexity index is 943. The summed E-state index contributed by atoms with van der Waals surface area (Å²) in [5, 5.41) is 11.8. The number of hydrogen-bond donors (Lipinski definition) is 2. The molecule has 1 unspecified atom stereocenters. The number of allylic oxidation sites excluding steroid dienone is 2. The van der Waals surface area contributed by atoms with E-state index in [-0.39, 0.29) is 50.1 Å². The molecule has 1 aromatic carbocycles. The minimum atomic E-state index is -4.69. The molecular formula is C19H16Cl3F5N2OS. The Hall–Kier alpha value is -1.13. The van der Waals surface area contributed by atoms with Crippen LogP contribution >= 0.6 is 46.6 Å². The van der Waals surface area contributed by atoms with Gasteiger partial charge in [0.05, 0.1) is 32.1 Å². The summed E-state index contributed by atoms with van der Waals surface area (Å²) < 4.78 is 69.6. The number of hydrogen-bond acceptors (Lipinski definition) is 4. The molecule has 0 aliphatic carbocycles. The molecule has 2 N–H and O–H groups in total. The summed E-state index contributed by atoms with van der Waals surface area (Å²) in [5.74, 6) is -3.39. The predicted octanol–water partition coefficient (Wildman–Crippen LogP) is 6.31. The maximum atomic E-state index is 15.2. The topological polar surface area (TPSA) is 35.5 Å². The number of alkyl halides is 5. The maximum Gasteiger partial charge on any atom is 0.432 e. The molecule has 31 heavy (non-hydrogen) atoms. The van der Waals surface area contributed by atoms with Gasteiger partial charge in [0, 0.05) is 24.2 Å². The zero-order chi connectivity index (χ0) is 23.2. The Morgan fingerprint density at radius 3 is 2.32 bits per heavy atom. The predicted molar refractivity (Wildman–Crippen MR) is 113 cm³/mol. The summed E-state index contributed by atoms with van der Waals surface area (Å²) in [6.07, 6.45) is -3.11. The van der Waals surface area contributed by atoms with E-state index in [4.69, 9.17) is 34.8 Å². The molecule has 1 atom stereocenters. The molecule has 170 valence electrons. The summed E-state index contributed by atoms with van der Waals surface area (Å²) in [7, 11) is 0. The average molecular weight is 522 g/mol. The van der Waals surface area contributed by atoms with Crippen LogP contribution in [-0.4, -0.2) is 41.8 Å². The van der Waals surface area contributed by atoms with Crippen molar-refractivity contribution in [1.29, 1.82) is 0 Å². The molecular weight excluding hydrogens is 506 g/mol. The van der Waals surface area contributed by atoms with Crippen molar-refractivity contribution in [2.45, 2.75) is 23.9 Å². The van der Waals surface area contributed by atoms with Gasteiger partial charge >= 0.3 is 6.18 Å². The monoisotopic (exact) mass is 520 g/mol. The summed E-state index contributed by atoms with van der Waals surface area (Å²) in [6, 6.07) is 2.64. The smallest absolute Gasteiger partial charge is 0.391 e. The number of aliphatic hydroxyl groups is 1. The molecule has 3 rings (SSSR count). The van der Waals surface area contributed by atoms with E-state index < -0.39 is 29.8 Å². The summed E-state index contributed by atoms with van der Waals surface area (Å²) in [5.41, 5.74) is -2.73. The van der Waals surface area contributed by atoms with E-state index in [2.05, 4.69) is 11.9 Å². The van der Waals surface area contributed by atoms with E-state index in [0.717, 1.165) is 6.20 Å². The first-order valence-corrected chi connectivity index (χ1v) is 10.8. The molecule has 0 aromatic heterocycles. The number of halogens is 8. The Balaban J connectivity index is 1.97. The maximum absolute atomic E-state index is 15.2. The minimum Gasteiger partial charge on any atom is -0.391 e. The van der Waals surface area contributed by atoms with Crippen molar-refractivity contribution in [2.75, 3.05) is 19.7 Å².